The van der Waals surface area contributed by atoms with Gasteiger partial charge in [-0.15, -0.1) is 0 Å². The Kier molecular flexibility index (Phi) is 6.41. The molecule has 0 unspecified atom stereocenters. The minimum Gasteiger partial charge on any atom is -0.353 e. The fraction of sp³-hybridized carbons (Fsp3) is 0.625. The smallest absolute Gasteiger partial charge is 0.264 e. The molecule has 2 saturated heterocycles. The molecule has 3 rings (SSSR count). The van der Waals surface area contributed by atoms with Gasteiger partial charge in [-0.1, -0.05) is 30.3 Å². The third-order valence-corrected chi connectivity index (χ3v) is 5.30. The van der Waals surface area contributed by atoms with Gasteiger partial charge < -0.3 is 18.9 Å². The highest BCUT2D eigenvalue weighted by molar-refractivity contribution is 7.86. The van der Waals surface area contributed by atoms with Crippen LogP contribution in [0.2, 0.25) is 0 Å². The maximum Gasteiger partial charge on any atom is 0.264 e. The molecule has 0 saturated carbocycles. The number of benzene rings is 1. The molecule has 28 heavy (non-hydrogen) atoms. The van der Waals surface area contributed by atoms with Gasteiger partial charge >= 0.3 is 0 Å². The zero-order valence-electron chi connectivity index (χ0n) is 15.5. The summed E-state index contributed by atoms with van der Waals surface area (Å²) in [5, 5.41) is 0. The summed E-state index contributed by atoms with van der Waals surface area (Å²) in [7, 11) is -6.69. The molecule has 2 heterocycles. The Morgan fingerprint density at radius 3 is 2.11 bits per heavy atom. The topological polar surface area (TPSA) is 124 Å². The van der Waals surface area contributed by atoms with Crippen LogP contribution >= 0.6 is 0 Å². The van der Waals surface area contributed by atoms with E-state index in [2.05, 4.69) is 0 Å². The van der Waals surface area contributed by atoms with Crippen molar-refractivity contribution in [2.45, 2.75) is 37.0 Å². The minimum atomic E-state index is -3.98. The third-order valence-electron chi connectivity index (χ3n) is 4.16. The summed E-state index contributed by atoms with van der Waals surface area (Å²) in [6, 6.07) is 8.99. The lowest BCUT2D eigenvalue weighted by Crippen LogP contribution is -2.64. The quantitative estimate of drug-likeness (QED) is 0.567. The minimum absolute atomic E-state index is 0.0549. The van der Waals surface area contributed by atoms with E-state index in [1.165, 1.54) is 7.11 Å². The van der Waals surface area contributed by atoms with Crippen LogP contribution in [-0.2, 0) is 47.5 Å². The molecule has 6 atom stereocenters. The van der Waals surface area contributed by atoms with Crippen LogP contribution in [0.5, 0.6) is 0 Å². The normalized spacial score (nSPS) is 34.0. The van der Waals surface area contributed by atoms with E-state index in [-0.39, 0.29) is 6.61 Å². The van der Waals surface area contributed by atoms with Crippen molar-refractivity contribution in [3.05, 3.63) is 35.9 Å². The Bertz CT molecular complexity index is 870. The van der Waals surface area contributed by atoms with Gasteiger partial charge in [-0.2, -0.15) is 16.8 Å². The molecule has 0 aromatic heterocycles. The van der Waals surface area contributed by atoms with E-state index in [1.54, 1.807) is 24.3 Å². The van der Waals surface area contributed by atoms with Gasteiger partial charge in [0.25, 0.3) is 20.2 Å². The van der Waals surface area contributed by atoms with Gasteiger partial charge in [0.15, 0.2) is 18.7 Å². The van der Waals surface area contributed by atoms with Crippen molar-refractivity contribution in [3.63, 3.8) is 0 Å². The molecule has 2 aliphatic heterocycles. The van der Waals surface area contributed by atoms with Crippen molar-refractivity contribution in [1.29, 1.82) is 0 Å². The summed E-state index contributed by atoms with van der Waals surface area (Å²) in [5.74, 6) is 0. The van der Waals surface area contributed by atoms with Crippen molar-refractivity contribution < 1.29 is 44.1 Å². The molecule has 1 aromatic rings. The number of hydrogen-bond acceptors (Lipinski definition) is 10. The van der Waals surface area contributed by atoms with E-state index in [0.29, 0.717) is 5.56 Å². The van der Waals surface area contributed by atoms with Gasteiger partial charge in [-0.25, -0.2) is 0 Å². The first-order valence-corrected chi connectivity index (χ1v) is 12.0. The molecular formula is C16H22O10S2. The molecule has 158 valence electrons. The predicted octanol–water partition coefficient (Wildman–Crippen LogP) is 0.162. The molecule has 2 aliphatic rings. The van der Waals surface area contributed by atoms with E-state index >= 15 is 0 Å². The Hall–Kier alpha value is -1.12. The molecule has 0 aliphatic carbocycles. The monoisotopic (exact) mass is 438 g/mol. The van der Waals surface area contributed by atoms with Gasteiger partial charge in [0.2, 0.25) is 0 Å². The largest absolute Gasteiger partial charge is 0.353 e. The summed E-state index contributed by atoms with van der Waals surface area (Å²) >= 11 is 0. The van der Waals surface area contributed by atoms with Crippen molar-refractivity contribution >= 4 is 20.2 Å². The molecule has 2 fully saturated rings. The van der Waals surface area contributed by atoms with E-state index in [9.17, 15) is 16.8 Å². The van der Waals surface area contributed by atoms with Crippen molar-refractivity contribution in [2.24, 2.45) is 0 Å². The van der Waals surface area contributed by atoms with Crippen LogP contribution in [0.3, 0.4) is 0 Å². The number of fused-ring (bicyclic) bond motifs is 1. The molecule has 0 N–H and O–H groups in total. The highest BCUT2D eigenvalue weighted by Crippen LogP contribution is 2.37. The molecule has 12 heteroatoms. The van der Waals surface area contributed by atoms with Crippen molar-refractivity contribution in [1.82, 2.24) is 0 Å². The second-order valence-electron chi connectivity index (χ2n) is 6.49. The Morgan fingerprint density at radius 2 is 1.54 bits per heavy atom. The number of ether oxygens (including phenoxy) is 4. The molecule has 0 spiro atoms. The zero-order chi connectivity index (χ0) is 20.5. The van der Waals surface area contributed by atoms with Crippen LogP contribution < -0.4 is 0 Å². The molecule has 0 bridgehead atoms. The highest BCUT2D eigenvalue weighted by atomic mass is 32.2. The van der Waals surface area contributed by atoms with Crippen LogP contribution in [0.4, 0.5) is 0 Å². The maximum atomic E-state index is 11.8. The van der Waals surface area contributed by atoms with Gasteiger partial charge in [0.05, 0.1) is 19.1 Å². The summed E-state index contributed by atoms with van der Waals surface area (Å²) in [6.07, 6.45) is -4.79. The van der Waals surface area contributed by atoms with Crippen LogP contribution in [0.1, 0.15) is 11.9 Å². The first kappa shape index (κ1) is 21.6. The predicted molar refractivity (Wildman–Crippen MR) is 95.1 cm³/mol. The first-order valence-electron chi connectivity index (χ1n) is 8.34. The highest BCUT2D eigenvalue weighted by Gasteiger charge is 2.54. The van der Waals surface area contributed by atoms with E-state index < -0.39 is 57.2 Å². The lowest BCUT2D eigenvalue weighted by molar-refractivity contribution is -0.351. The summed E-state index contributed by atoms with van der Waals surface area (Å²) in [6.45, 7) is 0.0549. The molecular weight excluding hydrogens is 416 g/mol. The fourth-order valence-corrected chi connectivity index (χ4v) is 4.36. The lowest BCUT2D eigenvalue weighted by Gasteiger charge is -2.47. The summed E-state index contributed by atoms with van der Waals surface area (Å²) in [4.78, 5) is 0. The summed E-state index contributed by atoms with van der Waals surface area (Å²) < 4.78 is 79.7. The third kappa shape index (κ3) is 5.27. The second-order valence-corrected chi connectivity index (χ2v) is 9.69. The standard InChI is InChI=1S/C16H22O10S2/c1-21-16-14(26-28(3,19)20)13(25-27(2,17)18)12-11(23-16)9-22-15(24-12)10-7-5-4-6-8-10/h4-8,11-16H,9H2,1-3H3/t11-,12-,13+,14+,15-,16-/m0/s1. The Labute approximate surface area is 163 Å². The van der Waals surface area contributed by atoms with E-state index in [4.69, 9.17) is 27.3 Å². The van der Waals surface area contributed by atoms with Crippen LogP contribution in [0.25, 0.3) is 0 Å². The average Bonchev–Trinajstić information content (AvgIpc) is 2.61. The fourth-order valence-electron chi connectivity index (χ4n) is 3.13. The maximum absolute atomic E-state index is 11.8. The van der Waals surface area contributed by atoms with Crippen molar-refractivity contribution in [2.75, 3.05) is 26.2 Å². The molecule has 1 aromatic carbocycles. The van der Waals surface area contributed by atoms with Crippen LogP contribution in [-0.4, -0.2) is 73.8 Å². The lowest BCUT2D eigenvalue weighted by atomic mass is 9.98. The van der Waals surface area contributed by atoms with E-state index in [1.807, 2.05) is 6.07 Å². The molecule has 0 radical (unpaired) electrons. The molecule has 10 nitrogen and oxygen atoms in total. The average molecular weight is 438 g/mol. The van der Waals surface area contributed by atoms with Crippen LogP contribution in [0.15, 0.2) is 30.3 Å². The molecule has 0 amide bonds. The van der Waals surface area contributed by atoms with Gasteiger partial charge in [0.1, 0.15) is 18.3 Å². The zero-order valence-corrected chi connectivity index (χ0v) is 17.1. The van der Waals surface area contributed by atoms with Crippen LogP contribution in [0, 0.1) is 0 Å². The van der Waals surface area contributed by atoms with Gasteiger partial charge in [-0.3, -0.25) is 8.37 Å². The number of rotatable bonds is 6. The first-order chi connectivity index (χ1) is 13.1. The Morgan fingerprint density at radius 1 is 0.929 bits per heavy atom. The number of hydrogen-bond donors (Lipinski definition) is 0. The Balaban J connectivity index is 1.93. The number of methoxy groups -OCH3 is 1. The SMILES string of the molecule is CO[C@H]1O[C@H]2CO[C@H](c3ccccc3)O[C@@H]2[C@@H](OS(C)(=O)=O)[C@H]1OS(C)(=O)=O. The summed E-state index contributed by atoms with van der Waals surface area (Å²) in [5.41, 5.74) is 0.702. The van der Waals surface area contributed by atoms with Crippen molar-refractivity contribution in [3.8, 4) is 0 Å². The van der Waals surface area contributed by atoms with Gasteiger partial charge in [0, 0.05) is 12.7 Å². The van der Waals surface area contributed by atoms with Gasteiger partial charge in [-0.05, 0) is 0 Å². The van der Waals surface area contributed by atoms with E-state index in [0.717, 1.165) is 12.5 Å². The second kappa shape index (κ2) is 8.32.